The summed E-state index contributed by atoms with van der Waals surface area (Å²) in [5, 5.41) is 8.90. The third-order valence-corrected chi connectivity index (χ3v) is 3.10. The Kier molecular flexibility index (Phi) is 3.68. The molecule has 0 saturated heterocycles. The summed E-state index contributed by atoms with van der Waals surface area (Å²) in [6, 6.07) is 2.89. The molecule has 0 amide bonds. The molecular weight excluding hydrogens is 345 g/mol. The standard InChI is InChI=1S/C12H8BrF3O4/c1-19-8-4-6(13)2-5-3-7(11(17)18)10(12(14,15)16)20-9(5)8/h2-4,10H,1H3,(H,17,18). The van der Waals surface area contributed by atoms with Crippen LogP contribution < -0.4 is 9.47 Å². The summed E-state index contributed by atoms with van der Waals surface area (Å²) in [6.45, 7) is 0. The fourth-order valence-corrected chi connectivity index (χ4v) is 2.27. The van der Waals surface area contributed by atoms with Gasteiger partial charge in [0.05, 0.1) is 12.7 Å². The minimum Gasteiger partial charge on any atom is -0.493 e. The fourth-order valence-electron chi connectivity index (χ4n) is 1.82. The molecule has 108 valence electrons. The summed E-state index contributed by atoms with van der Waals surface area (Å²) in [6.07, 6.45) is -6.42. The molecule has 1 aliphatic heterocycles. The van der Waals surface area contributed by atoms with Crippen LogP contribution in [0.3, 0.4) is 0 Å². The van der Waals surface area contributed by atoms with Crippen molar-refractivity contribution in [3.63, 3.8) is 0 Å². The van der Waals surface area contributed by atoms with Crippen LogP contribution in [0.15, 0.2) is 22.2 Å². The molecule has 0 aromatic heterocycles. The average molecular weight is 353 g/mol. The second-order valence-corrected chi connectivity index (χ2v) is 4.89. The van der Waals surface area contributed by atoms with Gasteiger partial charge < -0.3 is 14.6 Å². The van der Waals surface area contributed by atoms with Gasteiger partial charge in [0.2, 0.25) is 6.10 Å². The number of carboxylic acid groups (broad SMARTS) is 1. The summed E-state index contributed by atoms with van der Waals surface area (Å²) in [7, 11) is 1.28. The number of ether oxygens (including phenoxy) is 2. The van der Waals surface area contributed by atoms with Crippen molar-refractivity contribution in [1.82, 2.24) is 0 Å². The van der Waals surface area contributed by atoms with E-state index in [9.17, 15) is 18.0 Å². The number of carbonyl (C=O) groups is 1. The number of benzene rings is 1. The minimum atomic E-state index is -4.83. The lowest BCUT2D eigenvalue weighted by atomic mass is 10.0. The number of rotatable bonds is 2. The van der Waals surface area contributed by atoms with Crippen molar-refractivity contribution < 1.29 is 32.5 Å². The van der Waals surface area contributed by atoms with E-state index >= 15 is 0 Å². The third kappa shape index (κ3) is 2.60. The van der Waals surface area contributed by atoms with E-state index in [1.807, 2.05) is 0 Å². The summed E-state index contributed by atoms with van der Waals surface area (Å²) in [5.74, 6) is -1.73. The van der Waals surface area contributed by atoms with Crippen LogP contribution in [0.5, 0.6) is 11.5 Å². The average Bonchev–Trinajstić information content (AvgIpc) is 2.34. The quantitative estimate of drug-likeness (QED) is 0.887. The second-order valence-electron chi connectivity index (χ2n) is 3.97. The molecule has 1 atom stereocenters. The van der Waals surface area contributed by atoms with Gasteiger partial charge in [-0.15, -0.1) is 0 Å². The Morgan fingerprint density at radius 1 is 1.45 bits per heavy atom. The van der Waals surface area contributed by atoms with E-state index in [0.29, 0.717) is 4.47 Å². The Labute approximate surface area is 119 Å². The molecule has 1 N–H and O–H groups in total. The van der Waals surface area contributed by atoms with Crippen LogP contribution in [0.2, 0.25) is 0 Å². The first-order valence-electron chi connectivity index (χ1n) is 5.30. The van der Waals surface area contributed by atoms with Crippen LogP contribution in [-0.4, -0.2) is 30.5 Å². The van der Waals surface area contributed by atoms with Crippen molar-refractivity contribution in [1.29, 1.82) is 0 Å². The van der Waals surface area contributed by atoms with E-state index in [4.69, 9.17) is 14.6 Å². The minimum absolute atomic E-state index is 0.0873. The number of hydrogen-bond acceptors (Lipinski definition) is 3. The van der Waals surface area contributed by atoms with Crippen molar-refractivity contribution in [3.05, 3.63) is 27.7 Å². The highest BCUT2D eigenvalue weighted by Gasteiger charge is 2.49. The molecule has 0 spiro atoms. The Bertz CT molecular complexity index is 595. The lowest BCUT2D eigenvalue weighted by Gasteiger charge is -2.28. The van der Waals surface area contributed by atoms with Gasteiger partial charge in [-0.2, -0.15) is 13.2 Å². The molecule has 0 saturated carbocycles. The van der Waals surface area contributed by atoms with E-state index in [-0.39, 0.29) is 17.1 Å². The number of halogens is 4. The molecule has 4 nitrogen and oxygen atoms in total. The van der Waals surface area contributed by atoms with Crippen molar-refractivity contribution in [3.8, 4) is 11.5 Å². The summed E-state index contributed by atoms with van der Waals surface area (Å²) >= 11 is 3.16. The summed E-state index contributed by atoms with van der Waals surface area (Å²) in [4.78, 5) is 11.0. The fraction of sp³-hybridized carbons (Fsp3) is 0.250. The van der Waals surface area contributed by atoms with Crippen molar-refractivity contribution in [2.24, 2.45) is 0 Å². The maximum Gasteiger partial charge on any atom is 0.430 e. The van der Waals surface area contributed by atoms with E-state index in [1.54, 1.807) is 0 Å². The zero-order chi connectivity index (χ0) is 15.1. The normalized spacial score (nSPS) is 17.9. The van der Waals surface area contributed by atoms with Crippen molar-refractivity contribution in [2.45, 2.75) is 12.3 Å². The van der Waals surface area contributed by atoms with Crippen molar-refractivity contribution >= 4 is 28.0 Å². The van der Waals surface area contributed by atoms with Gasteiger partial charge in [0.25, 0.3) is 0 Å². The van der Waals surface area contributed by atoms with Gasteiger partial charge in [-0.05, 0) is 18.2 Å². The maximum absolute atomic E-state index is 12.9. The predicted octanol–water partition coefficient (Wildman–Crippen LogP) is 3.25. The molecule has 20 heavy (non-hydrogen) atoms. The molecule has 1 heterocycles. The zero-order valence-electron chi connectivity index (χ0n) is 9.99. The molecule has 0 fully saturated rings. The van der Waals surface area contributed by atoms with Gasteiger partial charge in [0.15, 0.2) is 11.5 Å². The van der Waals surface area contributed by atoms with Crippen LogP contribution in [0.1, 0.15) is 5.56 Å². The highest BCUT2D eigenvalue weighted by molar-refractivity contribution is 9.10. The third-order valence-electron chi connectivity index (χ3n) is 2.64. The Morgan fingerprint density at radius 2 is 2.10 bits per heavy atom. The first-order chi connectivity index (χ1) is 9.24. The first-order valence-corrected chi connectivity index (χ1v) is 6.09. The monoisotopic (exact) mass is 352 g/mol. The molecule has 1 unspecified atom stereocenters. The zero-order valence-corrected chi connectivity index (χ0v) is 11.6. The van der Waals surface area contributed by atoms with Gasteiger partial charge in [-0.1, -0.05) is 15.9 Å². The van der Waals surface area contributed by atoms with Crippen LogP contribution in [0.25, 0.3) is 6.08 Å². The largest absolute Gasteiger partial charge is 0.493 e. The highest BCUT2D eigenvalue weighted by atomic mass is 79.9. The first kappa shape index (κ1) is 14.7. The van der Waals surface area contributed by atoms with E-state index in [1.165, 1.54) is 19.2 Å². The smallest absolute Gasteiger partial charge is 0.430 e. The number of methoxy groups -OCH3 is 1. The maximum atomic E-state index is 12.9. The molecule has 2 rings (SSSR count). The summed E-state index contributed by atoms with van der Waals surface area (Å²) in [5.41, 5.74) is -0.667. The van der Waals surface area contributed by atoms with Crippen molar-refractivity contribution in [2.75, 3.05) is 7.11 Å². The van der Waals surface area contributed by atoms with Crippen LogP contribution >= 0.6 is 15.9 Å². The number of carboxylic acids is 1. The van der Waals surface area contributed by atoms with Crippen LogP contribution in [0, 0.1) is 0 Å². The number of fused-ring (bicyclic) bond motifs is 1. The topological polar surface area (TPSA) is 55.8 Å². The van der Waals surface area contributed by atoms with E-state index in [2.05, 4.69) is 15.9 Å². The number of alkyl halides is 3. The second kappa shape index (κ2) is 5.01. The molecular formula is C12H8BrF3O4. The lowest BCUT2D eigenvalue weighted by molar-refractivity contribution is -0.187. The Morgan fingerprint density at radius 3 is 2.60 bits per heavy atom. The molecule has 8 heteroatoms. The molecule has 1 aromatic carbocycles. The van der Waals surface area contributed by atoms with E-state index in [0.717, 1.165) is 6.08 Å². The van der Waals surface area contributed by atoms with Gasteiger partial charge >= 0.3 is 12.1 Å². The number of aliphatic carboxylic acids is 1. The van der Waals surface area contributed by atoms with E-state index < -0.39 is 23.8 Å². The molecule has 1 aromatic rings. The Balaban J connectivity index is 2.62. The Hall–Kier alpha value is -1.70. The predicted molar refractivity (Wildman–Crippen MR) is 66.8 cm³/mol. The molecule has 0 radical (unpaired) electrons. The van der Waals surface area contributed by atoms with Gasteiger partial charge in [0, 0.05) is 10.0 Å². The van der Waals surface area contributed by atoms with Gasteiger partial charge in [-0.3, -0.25) is 0 Å². The molecule has 0 aliphatic carbocycles. The molecule has 0 bridgehead atoms. The number of hydrogen-bond donors (Lipinski definition) is 1. The van der Waals surface area contributed by atoms with Crippen LogP contribution in [-0.2, 0) is 4.79 Å². The van der Waals surface area contributed by atoms with Crippen LogP contribution in [0.4, 0.5) is 13.2 Å². The summed E-state index contributed by atoms with van der Waals surface area (Å²) < 4.78 is 49.0. The SMILES string of the molecule is COc1cc(Br)cc2c1OC(C(F)(F)F)C(C(=O)O)=C2. The molecule has 1 aliphatic rings. The van der Waals surface area contributed by atoms with Gasteiger partial charge in [0.1, 0.15) is 0 Å². The van der Waals surface area contributed by atoms with Gasteiger partial charge in [-0.25, -0.2) is 4.79 Å². The lowest BCUT2D eigenvalue weighted by Crippen LogP contribution is -2.40. The highest BCUT2D eigenvalue weighted by Crippen LogP contribution is 2.43.